The van der Waals surface area contributed by atoms with E-state index in [9.17, 15) is 9.90 Å². The van der Waals surface area contributed by atoms with Crippen molar-refractivity contribution in [2.75, 3.05) is 19.8 Å². The number of aryl methyl sites for hydroxylation is 1. The summed E-state index contributed by atoms with van der Waals surface area (Å²) in [6, 6.07) is 5.96. The molecule has 4 rings (SSSR count). The molecule has 0 bridgehead atoms. The second kappa shape index (κ2) is 8.03. The first-order valence-electron chi connectivity index (χ1n) is 10.8. The van der Waals surface area contributed by atoms with E-state index < -0.39 is 0 Å². The van der Waals surface area contributed by atoms with Crippen LogP contribution in [0.1, 0.15) is 62.5 Å². The molecule has 0 saturated heterocycles. The monoisotopic (exact) mass is 387 g/mol. The fourth-order valence-corrected chi connectivity index (χ4v) is 6.37. The molecule has 0 aromatic heterocycles. The maximum Gasteiger partial charge on any atom is 0.222 e. The van der Waals surface area contributed by atoms with Gasteiger partial charge in [0.2, 0.25) is 5.91 Å². The van der Waals surface area contributed by atoms with Gasteiger partial charge in [0.15, 0.2) is 0 Å². The average molecular weight is 388 g/mol. The fraction of sp³-hybridized carbons (Fsp3) is 0.696. The standard InChI is InChI=1S/C23H33NO4/c1-23-10-8-18-17-5-3-16(26)14-15(17)2-4-19(18)20(23)6-7-21(23)28-13-9-22(27)24-11-12-25/h3,5,14,18-21,25-26H,2,4,6-13H2,1H3,(H,24,27). The highest BCUT2D eigenvalue weighted by atomic mass is 16.5. The Morgan fingerprint density at radius 1 is 1.29 bits per heavy atom. The van der Waals surface area contributed by atoms with Crippen molar-refractivity contribution >= 4 is 5.91 Å². The molecule has 2 saturated carbocycles. The van der Waals surface area contributed by atoms with Crippen LogP contribution in [0.25, 0.3) is 0 Å². The molecule has 2 fully saturated rings. The van der Waals surface area contributed by atoms with E-state index in [0.717, 1.165) is 12.8 Å². The number of hydrogen-bond acceptors (Lipinski definition) is 4. The zero-order chi connectivity index (χ0) is 19.7. The molecule has 5 nitrogen and oxygen atoms in total. The zero-order valence-corrected chi connectivity index (χ0v) is 16.8. The van der Waals surface area contributed by atoms with Crippen molar-refractivity contribution in [1.82, 2.24) is 5.32 Å². The largest absolute Gasteiger partial charge is 0.508 e. The Labute approximate surface area is 167 Å². The predicted octanol–water partition coefficient (Wildman–Crippen LogP) is 3.13. The van der Waals surface area contributed by atoms with Crippen LogP contribution in [0.15, 0.2) is 18.2 Å². The van der Waals surface area contributed by atoms with E-state index in [-0.39, 0.29) is 24.0 Å². The van der Waals surface area contributed by atoms with Gasteiger partial charge in [-0.05, 0) is 85.0 Å². The summed E-state index contributed by atoms with van der Waals surface area (Å²) in [5, 5.41) is 21.3. The summed E-state index contributed by atoms with van der Waals surface area (Å²) in [7, 11) is 0. The maximum atomic E-state index is 11.7. The van der Waals surface area contributed by atoms with Gasteiger partial charge in [0.1, 0.15) is 5.75 Å². The molecule has 0 spiro atoms. The van der Waals surface area contributed by atoms with E-state index in [1.165, 1.54) is 36.8 Å². The molecule has 5 unspecified atom stereocenters. The molecule has 3 N–H and O–H groups in total. The van der Waals surface area contributed by atoms with Gasteiger partial charge in [-0.15, -0.1) is 0 Å². The lowest BCUT2D eigenvalue weighted by Gasteiger charge is -2.50. The minimum absolute atomic E-state index is 0.0275. The number of hydrogen-bond donors (Lipinski definition) is 3. The van der Waals surface area contributed by atoms with Gasteiger partial charge in [0.25, 0.3) is 0 Å². The van der Waals surface area contributed by atoms with Crippen molar-refractivity contribution in [2.45, 2.75) is 63.9 Å². The number of ether oxygens (including phenoxy) is 1. The van der Waals surface area contributed by atoms with E-state index in [2.05, 4.69) is 18.3 Å². The molecule has 3 aliphatic rings. The summed E-state index contributed by atoms with van der Waals surface area (Å²) in [5.41, 5.74) is 3.00. The van der Waals surface area contributed by atoms with Gasteiger partial charge in [-0.3, -0.25) is 4.79 Å². The number of benzene rings is 1. The lowest BCUT2D eigenvalue weighted by Crippen LogP contribution is -2.45. The summed E-state index contributed by atoms with van der Waals surface area (Å²) in [5.74, 6) is 2.34. The number of aromatic hydroxyl groups is 1. The van der Waals surface area contributed by atoms with E-state index in [4.69, 9.17) is 9.84 Å². The molecular weight excluding hydrogens is 354 g/mol. The second-order valence-corrected chi connectivity index (χ2v) is 9.10. The molecule has 0 heterocycles. The fourth-order valence-electron chi connectivity index (χ4n) is 6.37. The van der Waals surface area contributed by atoms with Crippen LogP contribution >= 0.6 is 0 Å². The zero-order valence-electron chi connectivity index (χ0n) is 16.8. The quantitative estimate of drug-likeness (QED) is 0.701. The first kappa shape index (κ1) is 19.7. The summed E-state index contributed by atoms with van der Waals surface area (Å²) in [4.78, 5) is 11.7. The van der Waals surface area contributed by atoms with Gasteiger partial charge in [0, 0.05) is 13.0 Å². The van der Waals surface area contributed by atoms with Crippen LogP contribution in [0.4, 0.5) is 0 Å². The number of amides is 1. The molecule has 1 aromatic rings. The number of nitrogens with one attached hydrogen (secondary N) is 1. The van der Waals surface area contributed by atoms with Gasteiger partial charge in [-0.2, -0.15) is 0 Å². The summed E-state index contributed by atoms with van der Waals surface area (Å²) in [6.07, 6.45) is 7.53. The Morgan fingerprint density at radius 3 is 2.96 bits per heavy atom. The van der Waals surface area contributed by atoms with E-state index >= 15 is 0 Å². The number of aliphatic hydroxyl groups is 1. The van der Waals surface area contributed by atoms with E-state index in [1.54, 1.807) is 0 Å². The Kier molecular flexibility index (Phi) is 5.66. The van der Waals surface area contributed by atoms with E-state index in [1.807, 2.05) is 12.1 Å². The summed E-state index contributed by atoms with van der Waals surface area (Å²) < 4.78 is 6.23. The number of carbonyl (C=O) groups is 1. The van der Waals surface area contributed by atoms with Crippen molar-refractivity contribution < 1.29 is 19.7 Å². The number of rotatable bonds is 6. The van der Waals surface area contributed by atoms with Crippen molar-refractivity contribution in [2.24, 2.45) is 17.3 Å². The first-order chi connectivity index (χ1) is 13.5. The Bertz CT molecular complexity index is 721. The Morgan fingerprint density at radius 2 is 2.14 bits per heavy atom. The van der Waals surface area contributed by atoms with Gasteiger partial charge < -0.3 is 20.3 Å². The van der Waals surface area contributed by atoms with Gasteiger partial charge in [-0.1, -0.05) is 13.0 Å². The van der Waals surface area contributed by atoms with Crippen LogP contribution in [0.3, 0.4) is 0 Å². The lowest BCUT2D eigenvalue weighted by molar-refractivity contribution is -0.124. The van der Waals surface area contributed by atoms with Crippen LogP contribution in [-0.4, -0.2) is 42.0 Å². The smallest absolute Gasteiger partial charge is 0.222 e. The average Bonchev–Trinajstić information content (AvgIpc) is 3.02. The van der Waals surface area contributed by atoms with Gasteiger partial charge in [0.05, 0.1) is 19.3 Å². The number of fused-ring (bicyclic) bond motifs is 5. The number of phenolic OH excluding ortho intramolecular Hbond substituents is 1. The predicted molar refractivity (Wildman–Crippen MR) is 107 cm³/mol. The summed E-state index contributed by atoms with van der Waals surface area (Å²) >= 11 is 0. The molecule has 5 atom stereocenters. The minimum Gasteiger partial charge on any atom is -0.508 e. The lowest BCUT2D eigenvalue weighted by atomic mass is 9.55. The molecule has 154 valence electrons. The first-order valence-corrected chi connectivity index (χ1v) is 10.8. The maximum absolute atomic E-state index is 11.7. The van der Waals surface area contributed by atoms with Crippen LogP contribution in [0.2, 0.25) is 0 Å². The van der Waals surface area contributed by atoms with Crippen LogP contribution < -0.4 is 5.32 Å². The van der Waals surface area contributed by atoms with Crippen molar-refractivity contribution in [3.8, 4) is 5.75 Å². The van der Waals surface area contributed by atoms with E-state index in [0.29, 0.717) is 43.1 Å². The highest BCUT2D eigenvalue weighted by Gasteiger charge is 2.55. The molecule has 5 heteroatoms. The molecule has 28 heavy (non-hydrogen) atoms. The number of phenols is 1. The Hall–Kier alpha value is -1.59. The highest BCUT2D eigenvalue weighted by Crippen LogP contribution is 2.61. The van der Waals surface area contributed by atoms with Gasteiger partial charge >= 0.3 is 0 Å². The molecule has 1 aromatic carbocycles. The minimum atomic E-state index is -0.0513. The normalized spacial score (nSPS) is 33.6. The molecule has 1 amide bonds. The van der Waals surface area contributed by atoms with Crippen LogP contribution in [0, 0.1) is 17.3 Å². The molecule has 3 aliphatic carbocycles. The Balaban J connectivity index is 1.40. The highest BCUT2D eigenvalue weighted by molar-refractivity contribution is 5.75. The number of carbonyl (C=O) groups excluding carboxylic acids is 1. The third kappa shape index (κ3) is 3.55. The van der Waals surface area contributed by atoms with Crippen molar-refractivity contribution in [3.63, 3.8) is 0 Å². The van der Waals surface area contributed by atoms with Crippen LogP contribution in [-0.2, 0) is 16.0 Å². The SMILES string of the molecule is CC12CCC3c4ccc(O)cc4CCC3C1CCC2OCCC(=O)NCCO. The molecule has 0 radical (unpaired) electrons. The summed E-state index contributed by atoms with van der Waals surface area (Å²) in [6.45, 7) is 3.15. The van der Waals surface area contributed by atoms with Gasteiger partial charge in [-0.25, -0.2) is 0 Å². The topological polar surface area (TPSA) is 78.8 Å². The number of aliphatic hydroxyl groups excluding tert-OH is 1. The third-order valence-electron chi connectivity index (χ3n) is 7.71. The second-order valence-electron chi connectivity index (χ2n) is 9.10. The van der Waals surface area contributed by atoms with Crippen LogP contribution in [0.5, 0.6) is 5.75 Å². The molecule has 0 aliphatic heterocycles. The van der Waals surface area contributed by atoms with Crippen molar-refractivity contribution in [1.29, 1.82) is 0 Å². The third-order valence-corrected chi connectivity index (χ3v) is 7.71. The molecular formula is C23H33NO4. The van der Waals surface area contributed by atoms with Crippen molar-refractivity contribution in [3.05, 3.63) is 29.3 Å².